The molecule has 0 unspecified atom stereocenters. The van der Waals surface area contributed by atoms with Crippen molar-refractivity contribution in [2.45, 2.75) is 31.4 Å². The summed E-state index contributed by atoms with van der Waals surface area (Å²) in [6.07, 6.45) is 7.01. The third-order valence-electron chi connectivity index (χ3n) is 4.58. The number of carbonyl (C=O) groups excluding carboxylic acids is 1. The number of benzene rings is 1. The van der Waals surface area contributed by atoms with Crippen LogP contribution in [0.15, 0.2) is 23.1 Å². The van der Waals surface area contributed by atoms with Gasteiger partial charge < -0.3 is 10.1 Å². The zero-order valence-corrected chi connectivity index (χ0v) is 16.2. The maximum absolute atomic E-state index is 12.6. The van der Waals surface area contributed by atoms with Crippen LogP contribution in [-0.4, -0.2) is 13.0 Å². The van der Waals surface area contributed by atoms with Crippen LogP contribution in [0.4, 0.5) is 5.69 Å². The molecule has 0 saturated heterocycles. The number of ether oxygens (including phenoxy) is 1. The minimum atomic E-state index is -0.0803. The van der Waals surface area contributed by atoms with Crippen molar-refractivity contribution in [1.82, 2.24) is 0 Å². The number of methoxy groups -OCH3 is 1. The molecular formula is C19H18ClNO2S2. The van der Waals surface area contributed by atoms with Gasteiger partial charge in [-0.2, -0.15) is 0 Å². The number of hydrogen-bond acceptors (Lipinski definition) is 4. The van der Waals surface area contributed by atoms with Crippen LogP contribution in [0.2, 0.25) is 5.02 Å². The van der Waals surface area contributed by atoms with E-state index in [-0.39, 0.29) is 5.91 Å². The molecule has 25 heavy (non-hydrogen) atoms. The van der Waals surface area contributed by atoms with Crippen molar-refractivity contribution in [3.8, 4) is 5.75 Å². The standard InChI is InChI=1S/C19H18ClNO2S2/c1-23-15-7-6-11(8-14(15)20)21-19(22)18-9-17-13(10-24-18)12-4-2-3-5-16(12)25-17/h6-9H,2-5,10H2,1H3,(H,21,22). The van der Waals surface area contributed by atoms with Crippen LogP contribution in [0.25, 0.3) is 6.08 Å². The van der Waals surface area contributed by atoms with Gasteiger partial charge in [-0.05, 0) is 61.1 Å². The van der Waals surface area contributed by atoms with Gasteiger partial charge in [0.25, 0.3) is 5.91 Å². The van der Waals surface area contributed by atoms with Gasteiger partial charge in [-0.15, -0.1) is 23.1 Å². The molecule has 0 saturated carbocycles. The van der Waals surface area contributed by atoms with Gasteiger partial charge in [0.05, 0.1) is 17.0 Å². The number of hydrogen-bond donors (Lipinski definition) is 1. The van der Waals surface area contributed by atoms with E-state index in [4.69, 9.17) is 16.3 Å². The number of rotatable bonds is 3. The van der Waals surface area contributed by atoms with Crippen molar-refractivity contribution in [3.63, 3.8) is 0 Å². The lowest BCUT2D eigenvalue weighted by atomic mass is 9.95. The number of fused-ring (bicyclic) bond motifs is 3. The quantitative estimate of drug-likeness (QED) is 0.749. The van der Waals surface area contributed by atoms with Crippen molar-refractivity contribution in [1.29, 1.82) is 0 Å². The number of thioether (sulfide) groups is 1. The van der Waals surface area contributed by atoms with E-state index in [0.717, 1.165) is 10.7 Å². The van der Waals surface area contributed by atoms with Crippen LogP contribution < -0.4 is 10.1 Å². The molecule has 1 aromatic heterocycles. The van der Waals surface area contributed by atoms with Gasteiger partial charge in [0.1, 0.15) is 5.75 Å². The highest BCUT2D eigenvalue weighted by Crippen LogP contribution is 2.42. The Morgan fingerprint density at radius 2 is 2.08 bits per heavy atom. The van der Waals surface area contributed by atoms with E-state index in [9.17, 15) is 4.79 Å². The smallest absolute Gasteiger partial charge is 0.262 e. The van der Waals surface area contributed by atoms with Gasteiger partial charge in [0.15, 0.2) is 0 Å². The summed E-state index contributed by atoms with van der Waals surface area (Å²) in [5.74, 6) is 1.41. The van der Waals surface area contributed by atoms with E-state index in [0.29, 0.717) is 16.5 Å². The Morgan fingerprint density at radius 1 is 1.24 bits per heavy atom. The molecule has 2 aliphatic rings. The minimum absolute atomic E-state index is 0.0803. The van der Waals surface area contributed by atoms with E-state index in [1.165, 1.54) is 41.0 Å². The van der Waals surface area contributed by atoms with E-state index in [2.05, 4.69) is 5.32 Å². The minimum Gasteiger partial charge on any atom is -0.495 e. The van der Waals surface area contributed by atoms with Crippen molar-refractivity contribution in [2.75, 3.05) is 12.4 Å². The molecule has 1 aliphatic heterocycles. The summed E-state index contributed by atoms with van der Waals surface area (Å²) < 4.78 is 5.14. The van der Waals surface area contributed by atoms with Gasteiger partial charge in [-0.3, -0.25) is 4.79 Å². The van der Waals surface area contributed by atoms with Crippen molar-refractivity contribution >= 4 is 52.4 Å². The first-order valence-electron chi connectivity index (χ1n) is 8.28. The van der Waals surface area contributed by atoms with Gasteiger partial charge in [-0.1, -0.05) is 11.6 Å². The van der Waals surface area contributed by atoms with E-state index in [1.807, 2.05) is 17.4 Å². The van der Waals surface area contributed by atoms with Crippen molar-refractivity contribution in [3.05, 3.63) is 49.0 Å². The number of halogens is 1. The Hall–Kier alpha value is -1.43. The lowest BCUT2D eigenvalue weighted by Gasteiger charge is -2.16. The molecule has 0 radical (unpaired) electrons. The first-order chi connectivity index (χ1) is 12.2. The molecule has 2 heterocycles. The fourth-order valence-corrected chi connectivity index (χ4v) is 6.10. The number of anilines is 1. The molecule has 4 rings (SSSR count). The maximum Gasteiger partial charge on any atom is 0.262 e. The summed E-state index contributed by atoms with van der Waals surface area (Å²) in [5.41, 5.74) is 3.68. The zero-order valence-electron chi connectivity index (χ0n) is 13.9. The molecule has 3 nitrogen and oxygen atoms in total. The second-order valence-electron chi connectivity index (χ2n) is 6.15. The molecule has 0 bridgehead atoms. The largest absolute Gasteiger partial charge is 0.495 e. The lowest BCUT2D eigenvalue weighted by molar-refractivity contribution is -0.112. The Labute approximate surface area is 160 Å². The molecule has 0 atom stereocenters. The molecule has 1 aliphatic carbocycles. The lowest BCUT2D eigenvalue weighted by Crippen LogP contribution is -2.14. The Morgan fingerprint density at radius 3 is 2.88 bits per heavy atom. The normalized spacial score (nSPS) is 15.8. The monoisotopic (exact) mass is 391 g/mol. The van der Waals surface area contributed by atoms with Crippen LogP contribution in [0.5, 0.6) is 5.75 Å². The highest BCUT2D eigenvalue weighted by Gasteiger charge is 2.25. The number of amides is 1. The summed E-state index contributed by atoms with van der Waals surface area (Å²) in [6.45, 7) is 0. The molecule has 6 heteroatoms. The average molecular weight is 392 g/mol. The maximum atomic E-state index is 12.6. The SMILES string of the molecule is COc1ccc(NC(=O)C2=Cc3sc4c(c3CS2)CCCC4)cc1Cl. The summed E-state index contributed by atoms with van der Waals surface area (Å²) in [5, 5.41) is 3.42. The van der Waals surface area contributed by atoms with Crippen LogP contribution in [0.1, 0.15) is 33.7 Å². The van der Waals surface area contributed by atoms with Gasteiger partial charge in [-0.25, -0.2) is 0 Å². The van der Waals surface area contributed by atoms with E-state index in [1.54, 1.807) is 42.6 Å². The number of carbonyl (C=O) groups is 1. The third-order valence-corrected chi connectivity index (χ3v) is 7.20. The molecular weight excluding hydrogens is 374 g/mol. The number of nitrogens with one attached hydrogen (secondary N) is 1. The molecule has 1 N–H and O–H groups in total. The third kappa shape index (κ3) is 3.33. The Bertz CT molecular complexity index is 873. The predicted molar refractivity (Wildman–Crippen MR) is 107 cm³/mol. The second kappa shape index (κ2) is 7.06. The topological polar surface area (TPSA) is 38.3 Å². The van der Waals surface area contributed by atoms with Crippen LogP contribution in [0.3, 0.4) is 0 Å². The predicted octanol–water partition coefficient (Wildman–Crippen LogP) is 5.52. The van der Waals surface area contributed by atoms with E-state index >= 15 is 0 Å². The highest BCUT2D eigenvalue weighted by molar-refractivity contribution is 8.03. The highest BCUT2D eigenvalue weighted by atomic mass is 35.5. The van der Waals surface area contributed by atoms with Crippen LogP contribution in [0, 0.1) is 0 Å². The molecule has 2 aromatic rings. The van der Waals surface area contributed by atoms with Crippen molar-refractivity contribution in [2.24, 2.45) is 0 Å². The Balaban J connectivity index is 1.55. The van der Waals surface area contributed by atoms with Gasteiger partial charge in [0, 0.05) is 21.2 Å². The van der Waals surface area contributed by atoms with E-state index < -0.39 is 0 Å². The molecule has 1 amide bonds. The fraction of sp³-hybridized carbons (Fsp3) is 0.316. The first kappa shape index (κ1) is 17.0. The second-order valence-corrected chi connectivity index (χ2v) is 8.72. The molecule has 1 aromatic carbocycles. The molecule has 0 fully saturated rings. The zero-order chi connectivity index (χ0) is 17.4. The van der Waals surface area contributed by atoms with Gasteiger partial charge in [0.2, 0.25) is 0 Å². The van der Waals surface area contributed by atoms with Crippen LogP contribution in [-0.2, 0) is 23.4 Å². The summed E-state index contributed by atoms with van der Waals surface area (Å²) in [4.78, 5) is 16.2. The molecule has 130 valence electrons. The first-order valence-corrected chi connectivity index (χ1v) is 10.5. The van der Waals surface area contributed by atoms with Gasteiger partial charge >= 0.3 is 0 Å². The summed E-state index contributed by atoms with van der Waals surface area (Å²) in [6, 6.07) is 5.26. The fourth-order valence-electron chi connectivity index (χ4n) is 3.31. The summed E-state index contributed by atoms with van der Waals surface area (Å²) >= 11 is 9.62. The van der Waals surface area contributed by atoms with Crippen molar-refractivity contribution < 1.29 is 9.53 Å². The number of aryl methyl sites for hydroxylation is 1. The van der Waals surface area contributed by atoms with Crippen LogP contribution >= 0.6 is 34.7 Å². The summed E-state index contributed by atoms with van der Waals surface area (Å²) in [7, 11) is 1.57. The average Bonchev–Trinajstić information content (AvgIpc) is 2.99. The molecule has 0 spiro atoms. The number of thiophene rings is 1. The Kier molecular flexibility index (Phi) is 4.80.